The predicted molar refractivity (Wildman–Crippen MR) is 121 cm³/mol. The zero-order valence-electron chi connectivity index (χ0n) is 18.4. The lowest BCUT2D eigenvalue weighted by Crippen LogP contribution is -2.43. The zero-order valence-corrected chi connectivity index (χ0v) is 19.2. The van der Waals surface area contributed by atoms with Gasteiger partial charge in [-0.2, -0.15) is 0 Å². The molecule has 3 aromatic rings. The third-order valence-corrected chi connectivity index (χ3v) is 7.19. The molecule has 0 radical (unpaired) electrons. The van der Waals surface area contributed by atoms with Crippen LogP contribution in [0, 0.1) is 5.82 Å². The maximum absolute atomic E-state index is 13.1. The van der Waals surface area contributed by atoms with Gasteiger partial charge in [-0.3, -0.25) is 4.79 Å². The highest BCUT2D eigenvalue weighted by atomic mass is 32.2. The van der Waals surface area contributed by atoms with Gasteiger partial charge in [0.1, 0.15) is 11.9 Å². The van der Waals surface area contributed by atoms with Crippen molar-refractivity contribution in [1.29, 1.82) is 0 Å². The summed E-state index contributed by atoms with van der Waals surface area (Å²) in [6.45, 7) is 0.0818. The molecule has 0 saturated heterocycles. The Labute approximate surface area is 191 Å². The highest BCUT2D eigenvalue weighted by Gasteiger charge is 2.24. The minimum atomic E-state index is -3.79. The lowest BCUT2D eigenvalue weighted by atomic mass is 10.0. The number of benzene rings is 2. The number of aromatic nitrogens is 1. The number of esters is 1. The number of hydrogen-bond donors (Lipinski definition) is 2. The van der Waals surface area contributed by atoms with Crippen molar-refractivity contribution in [3.8, 4) is 0 Å². The van der Waals surface area contributed by atoms with Crippen molar-refractivity contribution >= 4 is 32.8 Å². The van der Waals surface area contributed by atoms with Crippen LogP contribution in [0.25, 0.3) is 10.9 Å². The van der Waals surface area contributed by atoms with Gasteiger partial charge in [-0.25, -0.2) is 21.9 Å². The van der Waals surface area contributed by atoms with Crippen molar-refractivity contribution < 1.29 is 27.1 Å². The van der Waals surface area contributed by atoms with E-state index in [1.54, 1.807) is 6.20 Å². The molecule has 1 amide bonds. The first kappa shape index (κ1) is 24.4. The largest absolute Gasteiger partial charge is 0.467 e. The third kappa shape index (κ3) is 5.96. The molecule has 1 atom stereocenters. The van der Waals surface area contributed by atoms with Crippen LogP contribution in [0.15, 0.2) is 59.6 Å². The maximum atomic E-state index is 13.1. The summed E-state index contributed by atoms with van der Waals surface area (Å²) in [5.41, 5.74) is 1.79. The molecule has 2 aromatic carbocycles. The Morgan fingerprint density at radius 3 is 2.55 bits per heavy atom. The number of para-hydroxylation sites is 1. The molecule has 0 aliphatic heterocycles. The van der Waals surface area contributed by atoms with Gasteiger partial charge in [-0.05, 0) is 42.3 Å². The number of aromatic amines is 1. The van der Waals surface area contributed by atoms with Crippen LogP contribution in [0.3, 0.4) is 0 Å². The van der Waals surface area contributed by atoms with Crippen molar-refractivity contribution in [3.63, 3.8) is 0 Å². The van der Waals surface area contributed by atoms with E-state index in [1.165, 1.54) is 26.3 Å². The fraction of sp³-hybridized carbons (Fsp3) is 0.304. The highest BCUT2D eigenvalue weighted by Crippen LogP contribution is 2.20. The molecule has 0 spiro atoms. The minimum Gasteiger partial charge on any atom is -0.467 e. The summed E-state index contributed by atoms with van der Waals surface area (Å²) in [6, 6.07) is 11.3. The van der Waals surface area contributed by atoms with Crippen LogP contribution in [-0.4, -0.2) is 56.3 Å². The number of fused-ring (bicyclic) bond motifs is 1. The molecule has 8 nitrogen and oxygen atoms in total. The average Bonchev–Trinajstić information content (AvgIpc) is 3.21. The van der Waals surface area contributed by atoms with Gasteiger partial charge in [-0.1, -0.05) is 18.2 Å². The van der Waals surface area contributed by atoms with E-state index < -0.39 is 33.8 Å². The molecule has 0 bridgehead atoms. The smallest absolute Gasteiger partial charge is 0.328 e. The lowest BCUT2D eigenvalue weighted by molar-refractivity contribution is -0.145. The van der Waals surface area contributed by atoms with Crippen molar-refractivity contribution in [2.75, 3.05) is 20.7 Å². The van der Waals surface area contributed by atoms with E-state index in [4.69, 9.17) is 4.74 Å². The number of nitrogens with one attached hydrogen (secondary N) is 2. The van der Waals surface area contributed by atoms with E-state index in [-0.39, 0.29) is 30.7 Å². The molecular weight excluding hydrogens is 449 g/mol. The van der Waals surface area contributed by atoms with Crippen LogP contribution in [0.5, 0.6) is 0 Å². The van der Waals surface area contributed by atoms with Gasteiger partial charge < -0.3 is 15.0 Å². The van der Waals surface area contributed by atoms with E-state index >= 15 is 0 Å². The molecule has 0 fully saturated rings. The van der Waals surface area contributed by atoms with Gasteiger partial charge in [0.15, 0.2) is 0 Å². The second-order valence-corrected chi connectivity index (χ2v) is 9.64. The quantitative estimate of drug-likeness (QED) is 0.438. The summed E-state index contributed by atoms with van der Waals surface area (Å²) in [6.07, 6.45) is 2.30. The molecule has 3 rings (SSSR count). The second kappa shape index (κ2) is 10.6. The Kier molecular flexibility index (Phi) is 7.83. The molecule has 33 heavy (non-hydrogen) atoms. The average molecular weight is 476 g/mol. The number of halogens is 1. The molecule has 0 saturated carbocycles. The van der Waals surface area contributed by atoms with Crippen LogP contribution in [0.2, 0.25) is 0 Å². The summed E-state index contributed by atoms with van der Waals surface area (Å²) < 4.78 is 44.1. The molecular formula is C23H26FN3O5S. The Morgan fingerprint density at radius 2 is 1.85 bits per heavy atom. The first-order valence-corrected chi connectivity index (χ1v) is 11.8. The van der Waals surface area contributed by atoms with E-state index in [1.807, 2.05) is 24.3 Å². The second-order valence-electron chi connectivity index (χ2n) is 7.59. The van der Waals surface area contributed by atoms with Crippen LogP contribution in [-0.2, 0) is 30.8 Å². The van der Waals surface area contributed by atoms with Gasteiger partial charge in [0.05, 0.1) is 12.0 Å². The number of hydrogen-bond acceptors (Lipinski definition) is 5. The molecule has 1 heterocycles. The molecule has 0 aliphatic rings. The van der Waals surface area contributed by atoms with Crippen LogP contribution in [0.1, 0.15) is 18.4 Å². The van der Waals surface area contributed by atoms with Gasteiger partial charge in [0.25, 0.3) is 0 Å². The van der Waals surface area contributed by atoms with Crippen molar-refractivity contribution in [2.45, 2.75) is 30.2 Å². The summed E-state index contributed by atoms with van der Waals surface area (Å²) in [7, 11) is -1.14. The number of H-pyrrole nitrogens is 1. The van der Waals surface area contributed by atoms with Crippen LogP contribution < -0.4 is 5.32 Å². The SMILES string of the molecule is COC(=O)C(Cc1c[nH]c2ccccc12)NC(=O)CCCN(C)S(=O)(=O)c1ccc(F)cc1. The number of ether oxygens (including phenoxy) is 1. The molecule has 1 aromatic heterocycles. The predicted octanol–water partition coefficient (Wildman–Crippen LogP) is 2.61. The van der Waals surface area contributed by atoms with E-state index in [0.717, 1.165) is 32.9 Å². The topological polar surface area (TPSA) is 109 Å². The Balaban J connectivity index is 1.57. The van der Waals surface area contributed by atoms with Crippen LogP contribution in [0.4, 0.5) is 4.39 Å². The number of carbonyl (C=O) groups is 2. The molecule has 176 valence electrons. The van der Waals surface area contributed by atoms with Gasteiger partial charge in [0.2, 0.25) is 15.9 Å². The third-order valence-electron chi connectivity index (χ3n) is 5.32. The lowest BCUT2D eigenvalue weighted by Gasteiger charge is -2.18. The number of nitrogens with zero attached hydrogens (tertiary/aromatic N) is 1. The summed E-state index contributed by atoms with van der Waals surface area (Å²) >= 11 is 0. The maximum Gasteiger partial charge on any atom is 0.328 e. The van der Waals surface area contributed by atoms with Crippen molar-refractivity contribution in [3.05, 3.63) is 66.1 Å². The first-order chi connectivity index (χ1) is 15.7. The Bertz CT molecular complexity index is 1220. The van der Waals surface area contributed by atoms with Crippen molar-refractivity contribution in [2.24, 2.45) is 0 Å². The zero-order chi connectivity index (χ0) is 24.0. The molecule has 1 unspecified atom stereocenters. The van der Waals surface area contributed by atoms with E-state index in [2.05, 4.69) is 10.3 Å². The number of rotatable bonds is 10. The number of sulfonamides is 1. The van der Waals surface area contributed by atoms with Gasteiger partial charge in [-0.15, -0.1) is 0 Å². The normalized spacial score (nSPS) is 12.6. The van der Waals surface area contributed by atoms with Gasteiger partial charge >= 0.3 is 5.97 Å². The summed E-state index contributed by atoms with van der Waals surface area (Å²) in [5.74, 6) is -1.48. The number of amides is 1. The monoisotopic (exact) mass is 475 g/mol. The fourth-order valence-electron chi connectivity index (χ4n) is 3.49. The molecule has 0 aliphatic carbocycles. The first-order valence-electron chi connectivity index (χ1n) is 10.4. The Morgan fingerprint density at radius 1 is 1.15 bits per heavy atom. The molecule has 2 N–H and O–H groups in total. The van der Waals surface area contributed by atoms with Crippen molar-refractivity contribution in [1.82, 2.24) is 14.6 Å². The number of carbonyl (C=O) groups excluding carboxylic acids is 2. The fourth-order valence-corrected chi connectivity index (χ4v) is 4.70. The minimum absolute atomic E-state index is 0.0185. The summed E-state index contributed by atoms with van der Waals surface area (Å²) in [4.78, 5) is 27.8. The van der Waals surface area contributed by atoms with Gasteiger partial charge in [0, 0.05) is 43.5 Å². The standard InChI is InChI=1S/C23H26FN3O5S/c1-27(33(30,31)18-11-9-17(24)10-12-18)13-5-8-22(28)26-21(23(29)32-2)14-16-15-25-20-7-4-3-6-19(16)20/h3-4,6-7,9-12,15,21,25H,5,8,13-14H2,1-2H3,(H,26,28). The van der Waals surface area contributed by atoms with E-state index in [9.17, 15) is 22.4 Å². The van der Waals surface area contributed by atoms with Crippen LogP contribution >= 0.6 is 0 Å². The Hall–Kier alpha value is -3.24. The highest BCUT2D eigenvalue weighted by molar-refractivity contribution is 7.89. The van der Waals surface area contributed by atoms with E-state index in [0.29, 0.717) is 0 Å². The molecule has 10 heteroatoms. The summed E-state index contributed by atoms with van der Waals surface area (Å²) in [5, 5.41) is 3.64. The number of methoxy groups -OCH3 is 1.